The third-order valence-corrected chi connectivity index (χ3v) is 3.93. The van der Waals surface area contributed by atoms with Crippen molar-refractivity contribution < 1.29 is 19.2 Å². The number of non-ortho nitro benzene ring substituents is 1. The Morgan fingerprint density at radius 3 is 2.76 bits per heavy atom. The minimum atomic E-state index is -0.481. The summed E-state index contributed by atoms with van der Waals surface area (Å²) in [5, 5.41) is 11.5. The number of fused-ring (bicyclic) bond motifs is 1. The highest BCUT2D eigenvalue weighted by molar-refractivity contribution is 6.01. The number of ether oxygens (including phenoxy) is 1. The summed E-state index contributed by atoms with van der Waals surface area (Å²) in [4.78, 5) is 33.5. The first kappa shape index (κ1) is 16.4. The number of aldehydes is 1. The number of rotatable bonds is 5. The normalized spacial score (nSPS) is 10.6. The number of nitro groups is 1. The van der Waals surface area contributed by atoms with Crippen molar-refractivity contribution in [3.63, 3.8) is 0 Å². The molecule has 3 rings (SSSR count). The second kappa shape index (κ2) is 6.56. The Morgan fingerprint density at radius 1 is 1.28 bits per heavy atom. The first-order chi connectivity index (χ1) is 12.0. The summed E-state index contributed by atoms with van der Waals surface area (Å²) in [6, 6.07) is 11.3. The monoisotopic (exact) mass is 338 g/mol. The van der Waals surface area contributed by atoms with Gasteiger partial charge in [-0.3, -0.25) is 14.9 Å². The van der Waals surface area contributed by atoms with Crippen LogP contribution in [0.25, 0.3) is 10.9 Å². The number of nitro benzene ring substituents is 1. The van der Waals surface area contributed by atoms with Crippen LogP contribution < -0.4 is 0 Å². The molecule has 1 heterocycles. The van der Waals surface area contributed by atoms with E-state index < -0.39 is 10.9 Å². The number of carbonyl (C=O) groups excluding carboxylic acids is 2. The highest BCUT2D eigenvalue weighted by Gasteiger charge is 2.13. The first-order valence-electron chi connectivity index (χ1n) is 7.43. The lowest BCUT2D eigenvalue weighted by Gasteiger charge is -2.06. The standard InChI is InChI=1S/C18H14N2O5/c1-25-18(22)13-5-6-17-16(8-13)14(11-21)10-19(17)9-12-3-2-4-15(7-12)20(23)24/h2-8,10-11H,9H2,1H3. The van der Waals surface area contributed by atoms with Crippen LogP contribution in [0.4, 0.5) is 5.69 Å². The zero-order valence-electron chi connectivity index (χ0n) is 13.3. The van der Waals surface area contributed by atoms with E-state index in [-0.39, 0.29) is 5.69 Å². The van der Waals surface area contributed by atoms with Crippen LogP contribution in [-0.2, 0) is 11.3 Å². The Bertz CT molecular complexity index is 990. The summed E-state index contributed by atoms with van der Waals surface area (Å²) in [7, 11) is 1.29. The molecule has 0 aliphatic rings. The Labute approximate surface area is 142 Å². The van der Waals surface area contributed by atoms with Crippen LogP contribution in [0.15, 0.2) is 48.7 Å². The van der Waals surface area contributed by atoms with Crippen LogP contribution >= 0.6 is 0 Å². The minimum Gasteiger partial charge on any atom is -0.465 e. The molecular formula is C18H14N2O5. The van der Waals surface area contributed by atoms with Crippen LogP contribution in [0.5, 0.6) is 0 Å². The molecule has 0 saturated carbocycles. The fourth-order valence-electron chi connectivity index (χ4n) is 2.76. The molecule has 0 bridgehead atoms. The Morgan fingerprint density at radius 2 is 2.08 bits per heavy atom. The number of carbonyl (C=O) groups is 2. The smallest absolute Gasteiger partial charge is 0.337 e. The second-order valence-electron chi connectivity index (χ2n) is 5.48. The van der Waals surface area contributed by atoms with Gasteiger partial charge in [0, 0.05) is 41.3 Å². The van der Waals surface area contributed by atoms with Crippen molar-refractivity contribution in [3.8, 4) is 0 Å². The third-order valence-electron chi connectivity index (χ3n) is 3.93. The van der Waals surface area contributed by atoms with Gasteiger partial charge in [0.1, 0.15) is 0 Å². The zero-order chi connectivity index (χ0) is 18.0. The number of aromatic nitrogens is 1. The van der Waals surface area contributed by atoms with Crippen molar-refractivity contribution in [2.45, 2.75) is 6.54 Å². The average Bonchev–Trinajstić information content (AvgIpc) is 2.98. The molecule has 1 aromatic heterocycles. The summed E-state index contributed by atoms with van der Waals surface area (Å²) < 4.78 is 6.52. The molecule has 126 valence electrons. The van der Waals surface area contributed by atoms with Gasteiger partial charge in [-0.25, -0.2) is 4.79 Å². The van der Waals surface area contributed by atoms with Crippen molar-refractivity contribution in [1.29, 1.82) is 0 Å². The SMILES string of the molecule is COC(=O)c1ccc2c(c1)c(C=O)cn2Cc1cccc([N+](=O)[O-])c1. The maximum absolute atomic E-state index is 11.7. The summed E-state index contributed by atoms with van der Waals surface area (Å²) in [6.07, 6.45) is 2.38. The number of hydrogen-bond acceptors (Lipinski definition) is 5. The molecule has 0 atom stereocenters. The molecule has 0 fully saturated rings. The topological polar surface area (TPSA) is 91.4 Å². The van der Waals surface area contributed by atoms with Crippen LogP contribution in [0, 0.1) is 10.1 Å². The van der Waals surface area contributed by atoms with Gasteiger partial charge in [0.2, 0.25) is 0 Å². The lowest BCUT2D eigenvalue weighted by Crippen LogP contribution is -2.01. The Hall–Kier alpha value is -3.48. The zero-order valence-corrected chi connectivity index (χ0v) is 13.3. The maximum atomic E-state index is 11.7. The number of hydrogen-bond donors (Lipinski definition) is 0. The van der Waals surface area contributed by atoms with Gasteiger partial charge in [-0.05, 0) is 23.8 Å². The van der Waals surface area contributed by atoms with E-state index in [4.69, 9.17) is 4.74 Å². The molecule has 0 amide bonds. The summed E-state index contributed by atoms with van der Waals surface area (Å²) in [6.45, 7) is 0.365. The molecule has 25 heavy (non-hydrogen) atoms. The highest BCUT2D eigenvalue weighted by Crippen LogP contribution is 2.24. The average molecular weight is 338 g/mol. The summed E-state index contributed by atoms with van der Waals surface area (Å²) >= 11 is 0. The Kier molecular flexibility index (Phi) is 4.30. The molecule has 7 nitrogen and oxygen atoms in total. The molecule has 3 aromatic rings. The van der Waals surface area contributed by atoms with Crippen molar-refractivity contribution >= 4 is 28.8 Å². The van der Waals surface area contributed by atoms with E-state index in [1.165, 1.54) is 19.2 Å². The van der Waals surface area contributed by atoms with Gasteiger partial charge < -0.3 is 9.30 Å². The van der Waals surface area contributed by atoms with E-state index in [2.05, 4.69) is 0 Å². The molecule has 0 radical (unpaired) electrons. The van der Waals surface area contributed by atoms with Gasteiger partial charge in [-0.15, -0.1) is 0 Å². The molecule has 0 saturated heterocycles. The van der Waals surface area contributed by atoms with E-state index in [0.717, 1.165) is 11.1 Å². The van der Waals surface area contributed by atoms with Crippen LogP contribution in [0.1, 0.15) is 26.3 Å². The molecule has 0 aliphatic carbocycles. The predicted molar refractivity (Wildman–Crippen MR) is 90.9 cm³/mol. The number of esters is 1. The van der Waals surface area contributed by atoms with Crippen molar-refractivity contribution in [2.75, 3.05) is 7.11 Å². The molecule has 7 heteroatoms. The lowest BCUT2D eigenvalue weighted by atomic mass is 10.1. The van der Waals surface area contributed by atoms with E-state index >= 15 is 0 Å². The van der Waals surface area contributed by atoms with Crippen LogP contribution in [0.3, 0.4) is 0 Å². The second-order valence-corrected chi connectivity index (χ2v) is 5.48. The van der Waals surface area contributed by atoms with Gasteiger partial charge in [-0.1, -0.05) is 12.1 Å². The number of benzene rings is 2. The van der Waals surface area contributed by atoms with Gasteiger partial charge in [0.05, 0.1) is 17.6 Å². The molecule has 0 spiro atoms. The van der Waals surface area contributed by atoms with E-state index in [0.29, 0.717) is 29.3 Å². The minimum absolute atomic E-state index is 0.0116. The molecule has 2 aromatic carbocycles. The van der Waals surface area contributed by atoms with Gasteiger partial charge >= 0.3 is 5.97 Å². The maximum Gasteiger partial charge on any atom is 0.337 e. The van der Waals surface area contributed by atoms with E-state index in [9.17, 15) is 19.7 Å². The summed E-state index contributed by atoms with van der Waals surface area (Å²) in [5.41, 5.74) is 2.29. The van der Waals surface area contributed by atoms with Gasteiger partial charge in [0.25, 0.3) is 5.69 Å². The van der Waals surface area contributed by atoms with E-state index in [1.807, 2.05) is 4.57 Å². The van der Waals surface area contributed by atoms with Crippen molar-refractivity contribution in [1.82, 2.24) is 4.57 Å². The highest BCUT2D eigenvalue weighted by atomic mass is 16.6. The van der Waals surface area contributed by atoms with Crippen molar-refractivity contribution in [3.05, 3.63) is 75.5 Å². The first-order valence-corrected chi connectivity index (χ1v) is 7.43. The van der Waals surface area contributed by atoms with Gasteiger partial charge in [0.15, 0.2) is 6.29 Å². The molecular weight excluding hydrogens is 324 g/mol. The Balaban J connectivity index is 2.05. The van der Waals surface area contributed by atoms with Crippen LogP contribution in [-0.4, -0.2) is 28.9 Å². The van der Waals surface area contributed by atoms with E-state index in [1.54, 1.807) is 36.5 Å². The predicted octanol–water partition coefficient (Wildman–Crippen LogP) is 3.20. The van der Waals surface area contributed by atoms with Crippen LogP contribution in [0.2, 0.25) is 0 Å². The number of methoxy groups -OCH3 is 1. The fraction of sp³-hybridized carbons (Fsp3) is 0.111. The lowest BCUT2D eigenvalue weighted by molar-refractivity contribution is -0.384. The third kappa shape index (κ3) is 3.12. The van der Waals surface area contributed by atoms with Crippen molar-refractivity contribution in [2.24, 2.45) is 0 Å². The molecule has 0 aliphatic heterocycles. The molecule has 0 N–H and O–H groups in total. The fourth-order valence-corrected chi connectivity index (χ4v) is 2.76. The van der Waals surface area contributed by atoms with Gasteiger partial charge in [-0.2, -0.15) is 0 Å². The quantitative estimate of drug-likeness (QED) is 0.308. The largest absolute Gasteiger partial charge is 0.465 e. The molecule has 0 unspecified atom stereocenters. The summed E-state index contributed by atoms with van der Waals surface area (Å²) in [5.74, 6) is -0.481. The number of nitrogens with zero attached hydrogens (tertiary/aromatic N) is 2.